The van der Waals surface area contributed by atoms with Crippen LogP contribution in [0.1, 0.15) is 27.2 Å². The van der Waals surface area contributed by atoms with E-state index >= 15 is 0 Å². The number of nitrogens with one attached hydrogen (secondary N) is 3. The third-order valence-corrected chi connectivity index (χ3v) is 4.43. The van der Waals surface area contributed by atoms with Crippen LogP contribution < -0.4 is 10.6 Å². The molecule has 0 aliphatic carbocycles. The van der Waals surface area contributed by atoms with Gasteiger partial charge < -0.3 is 15.6 Å². The number of hydrogen-bond acceptors (Lipinski definition) is 2. The van der Waals surface area contributed by atoms with Gasteiger partial charge in [0, 0.05) is 34.4 Å². The molecule has 0 bridgehead atoms. The van der Waals surface area contributed by atoms with Crippen LogP contribution >= 0.6 is 0 Å². The van der Waals surface area contributed by atoms with Gasteiger partial charge in [-0.1, -0.05) is 6.07 Å². The Morgan fingerprint density at radius 3 is 2.59 bits per heavy atom. The number of aromatic amines is 1. The van der Waals surface area contributed by atoms with Crippen molar-refractivity contribution in [2.75, 3.05) is 10.6 Å². The molecule has 5 nitrogen and oxygen atoms in total. The molecule has 8 heteroatoms. The molecule has 1 aromatic heterocycles. The molecule has 1 aliphatic heterocycles. The fraction of sp³-hybridized carbons (Fsp3) is 0.0476. The largest absolute Gasteiger partial charge is 0.416 e. The van der Waals surface area contributed by atoms with Crippen LogP contribution in [0.4, 0.5) is 24.5 Å². The Hall–Kier alpha value is -3.81. The molecule has 2 heterocycles. The minimum absolute atomic E-state index is 0.0293. The summed E-state index contributed by atoms with van der Waals surface area (Å²) >= 11 is 0. The monoisotopic (exact) mass is 397 g/mol. The van der Waals surface area contributed by atoms with Crippen LogP contribution in [0.15, 0.2) is 60.8 Å². The summed E-state index contributed by atoms with van der Waals surface area (Å²) in [7, 11) is 0. The first-order chi connectivity index (χ1) is 13.8. The van der Waals surface area contributed by atoms with Gasteiger partial charge in [0.05, 0.1) is 11.1 Å². The van der Waals surface area contributed by atoms with E-state index < -0.39 is 17.6 Å². The fourth-order valence-corrected chi connectivity index (χ4v) is 3.04. The Morgan fingerprint density at radius 1 is 1.03 bits per heavy atom. The van der Waals surface area contributed by atoms with Gasteiger partial charge >= 0.3 is 6.18 Å². The number of halogens is 3. The summed E-state index contributed by atoms with van der Waals surface area (Å²) in [5.74, 6) is -0.879. The van der Waals surface area contributed by atoms with Gasteiger partial charge in [-0.3, -0.25) is 9.59 Å². The third kappa shape index (κ3) is 3.77. The van der Waals surface area contributed by atoms with Crippen molar-refractivity contribution in [3.05, 3.63) is 83.2 Å². The smallest absolute Gasteiger partial charge is 0.362 e. The van der Waals surface area contributed by atoms with Gasteiger partial charge in [0.25, 0.3) is 11.8 Å². The first kappa shape index (κ1) is 18.5. The highest BCUT2D eigenvalue weighted by Crippen LogP contribution is 2.34. The van der Waals surface area contributed by atoms with E-state index in [2.05, 4.69) is 15.6 Å². The zero-order valence-electron chi connectivity index (χ0n) is 14.8. The number of benzene rings is 2. The second-order valence-electron chi connectivity index (χ2n) is 6.43. The topological polar surface area (TPSA) is 74.0 Å². The van der Waals surface area contributed by atoms with E-state index in [4.69, 9.17) is 0 Å². The molecule has 0 saturated heterocycles. The Balaban J connectivity index is 1.62. The highest BCUT2D eigenvalue weighted by molar-refractivity contribution is 6.35. The number of anilines is 2. The van der Waals surface area contributed by atoms with E-state index in [0.29, 0.717) is 16.8 Å². The molecule has 0 saturated carbocycles. The number of alkyl halides is 3. The molecule has 0 radical (unpaired) electrons. The van der Waals surface area contributed by atoms with E-state index in [-0.39, 0.29) is 17.2 Å². The van der Waals surface area contributed by atoms with Crippen LogP contribution in [0.3, 0.4) is 0 Å². The summed E-state index contributed by atoms with van der Waals surface area (Å²) in [6, 6.07) is 12.6. The number of amides is 2. The summed E-state index contributed by atoms with van der Waals surface area (Å²) < 4.78 is 38.6. The van der Waals surface area contributed by atoms with Gasteiger partial charge in [-0.2, -0.15) is 13.2 Å². The van der Waals surface area contributed by atoms with E-state index in [0.717, 1.165) is 17.8 Å². The SMILES string of the molecule is O=C1Nc2ccc(C(=O)Nc3cccc(C(F)(F)F)c3)cc2C1=Cc1ccc[nH]1. The maximum Gasteiger partial charge on any atom is 0.416 e. The van der Waals surface area contributed by atoms with Crippen molar-refractivity contribution in [3.8, 4) is 0 Å². The van der Waals surface area contributed by atoms with Crippen LogP contribution in [-0.4, -0.2) is 16.8 Å². The van der Waals surface area contributed by atoms with Crippen molar-refractivity contribution >= 4 is 34.8 Å². The molecule has 0 fully saturated rings. The molecule has 146 valence electrons. The maximum absolute atomic E-state index is 12.9. The lowest BCUT2D eigenvalue weighted by Gasteiger charge is -2.10. The summed E-state index contributed by atoms with van der Waals surface area (Å²) in [5, 5.41) is 5.19. The van der Waals surface area contributed by atoms with Gasteiger partial charge in [-0.15, -0.1) is 0 Å². The lowest BCUT2D eigenvalue weighted by atomic mass is 10.0. The van der Waals surface area contributed by atoms with Gasteiger partial charge in [-0.25, -0.2) is 0 Å². The summed E-state index contributed by atoms with van der Waals surface area (Å²) in [4.78, 5) is 27.8. The number of rotatable bonds is 3. The summed E-state index contributed by atoms with van der Waals surface area (Å²) in [5.41, 5.74) is 1.61. The lowest BCUT2D eigenvalue weighted by Crippen LogP contribution is -2.13. The summed E-state index contributed by atoms with van der Waals surface area (Å²) in [6.07, 6.45) is -1.12. The van der Waals surface area contributed by atoms with Crippen molar-refractivity contribution in [2.45, 2.75) is 6.18 Å². The van der Waals surface area contributed by atoms with E-state index in [9.17, 15) is 22.8 Å². The zero-order valence-corrected chi connectivity index (χ0v) is 14.8. The Bertz CT molecular complexity index is 1130. The number of hydrogen-bond donors (Lipinski definition) is 3. The van der Waals surface area contributed by atoms with Crippen molar-refractivity contribution in [2.24, 2.45) is 0 Å². The van der Waals surface area contributed by atoms with Crippen LogP contribution in [0.5, 0.6) is 0 Å². The third-order valence-electron chi connectivity index (χ3n) is 4.43. The lowest BCUT2D eigenvalue weighted by molar-refractivity contribution is -0.137. The molecule has 29 heavy (non-hydrogen) atoms. The maximum atomic E-state index is 12.9. The molecule has 2 amide bonds. The first-order valence-electron chi connectivity index (χ1n) is 8.61. The van der Waals surface area contributed by atoms with Crippen LogP contribution in [-0.2, 0) is 11.0 Å². The standard InChI is InChI=1S/C21H14F3N3O2/c22-21(23,24)13-3-1-4-15(10-13)26-19(28)12-6-7-18-16(9-12)17(20(29)27-18)11-14-5-2-8-25-14/h1-11,25H,(H,26,28)(H,27,29). The number of carbonyl (C=O) groups excluding carboxylic acids is 2. The predicted molar refractivity (Wildman–Crippen MR) is 103 cm³/mol. The molecule has 4 rings (SSSR count). The molecule has 0 unspecified atom stereocenters. The summed E-state index contributed by atoms with van der Waals surface area (Å²) in [6.45, 7) is 0. The average Bonchev–Trinajstić information content (AvgIpc) is 3.29. The first-order valence-corrected chi connectivity index (χ1v) is 8.61. The second kappa shape index (κ2) is 6.97. The number of H-pyrrole nitrogens is 1. The minimum Gasteiger partial charge on any atom is -0.362 e. The number of fused-ring (bicyclic) bond motifs is 1. The predicted octanol–water partition coefficient (Wildman–Crippen LogP) is 4.78. The molecule has 0 atom stereocenters. The van der Waals surface area contributed by atoms with Crippen molar-refractivity contribution in [3.63, 3.8) is 0 Å². The average molecular weight is 397 g/mol. The molecular formula is C21H14F3N3O2. The molecule has 2 aromatic carbocycles. The fourth-order valence-electron chi connectivity index (χ4n) is 3.04. The number of aromatic nitrogens is 1. The minimum atomic E-state index is -4.50. The highest BCUT2D eigenvalue weighted by Gasteiger charge is 2.30. The van der Waals surface area contributed by atoms with Crippen LogP contribution in [0.25, 0.3) is 11.6 Å². The molecule has 0 spiro atoms. The van der Waals surface area contributed by atoms with Crippen molar-refractivity contribution in [1.29, 1.82) is 0 Å². The van der Waals surface area contributed by atoms with Gasteiger partial charge in [0.15, 0.2) is 0 Å². The Kier molecular flexibility index (Phi) is 4.46. The van der Waals surface area contributed by atoms with Crippen molar-refractivity contribution in [1.82, 2.24) is 4.98 Å². The van der Waals surface area contributed by atoms with Crippen LogP contribution in [0.2, 0.25) is 0 Å². The van der Waals surface area contributed by atoms with Gasteiger partial charge in [0.1, 0.15) is 0 Å². The van der Waals surface area contributed by atoms with E-state index in [1.807, 2.05) is 0 Å². The molecular weight excluding hydrogens is 383 g/mol. The number of carbonyl (C=O) groups is 2. The molecule has 3 N–H and O–H groups in total. The Morgan fingerprint density at radius 2 is 1.86 bits per heavy atom. The quantitative estimate of drug-likeness (QED) is 0.557. The van der Waals surface area contributed by atoms with Crippen molar-refractivity contribution < 1.29 is 22.8 Å². The highest BCUT2D eigenvalue weighted by atomic mass is 19.4. The molecule has 3 aromatic rings. The van der Waals surface area contributed by atoms with E-state index in [1.54, 1.807) is 30.5 Å². The molecule has 1 aliphatic rings. The normalized spacial score (nSPS) is 14.6. The zero-order chi connectivity index (χ0) is 20.6. The van der Waals surface area contributed by atoms with E-state index in [1.165, 1.54) is 24.3 Å². The van der Waals surface area contributed by atoms with Gasteiger partial charge in [0.2, 0.25) is 0 Å². The van der Waals surface area contributed by atoms with Crippen LogP contribution in [0, 0.1) is 0 Å². The Labute approximate surface area is 163 Å². The van der Waals surface area contributed by atoms with Gasteiger partial charge in [-0.05, 0) is 54.6 Å². The second-order valence-corrected chi connectivity index (χ2v) is 6.43.